The molecule has 1 N–H and O–H groups in total. The molecule has 3 rings (SSSR count). The Kier molecular flexibility index (Phi) is 5.43. The molecule has 0 amide bonds. The van der Waals surface area contributed by atoms with Gasteiger partial charge in [0.2, 0.25) is 0 Å². The molecule has 0 aliphatic rings. The van der Waals surface area contributed by atoms with Gasteiger partial charge in [0.1, 0.15) is 5.78 Å². The zero-order valence-electron chi connectivity index (χ0n) is 14.0. The van der Waals surface area contributed by atoms with Gasteiger partial charge < -0.3 is 0 Å². The molecular formula is C20H18N2O3S. The summed E-state index contributed by atoms with van der Waals surface area (Å²) in [5.74, 6) is 0.0915. The van der Waals surface area contributed by atoms with Crippen LogP contribution in [0.2, 0.25) is 0 Å². The van der Waals surface area contributed by atoms with Crippen molar-refractivity contribution in [2.24, 2.45) is 0 Å². The molecule has 0 unspecified atom stereocenters. The van der Waals surface area contributed by atoms with E-state index < -0.39 is 10.0 Å². The second-order valence-corrected chi connectivity index (χ2v) is 7.55. The van der Waals surface area contributed by atoms with Crippen molar-refractivity contribution in [2.45, 2.75) is 17.7 Å². The van der Waals surface area contributed by atoms with Crippen LogP contribution in [-0.2, 0) is 27.7 Å². The maximum atomic E-state index is 12.3. The predicted octanol–water partition coefficient (Wildman–Crippen LogP) is 3.24. The molecular weight excluding hydrogens is 348 g/mol. The van der Waals surface area contributed by atoms with Crippen LogP contribution < -0.4 is 4.72 Å². The number of carbonyl (C=O) groups excluding carboxylic acids is 1. The number of hydrogen-bond acceptors (Lipinski definition) is 4. The van der Waals surface area contributed by atoms with E-state index in [-0.39, 0.29) is 10.7 Å². The lowest BCUT2D eigenvalue weighted by atomic mass is 10.0. The Bertz CT molecular complexity index is 971. The van der Waals surface area contributed by atoms with Crippen molar-refractivity contribution in [3.8, 4) is 0 Å². The van der Waals surface area contributed by atoms with E-state index in [2.05, 4.69) is 9.71 Å². The zero-order chi connectivity index (χ0) is 18.4. The smallest absolute Gasteiger partial charge is 0.261 e. The number of rotatable bonds is 7. The van der Waals surface area contributed by atoms with Crippen LogP contribution in [-0.4, -0.2) is 19.2 Å². The molecule has 2 aromatic carbocycles. The van der Waals surface area contributed by atoms with E-state index in [1.54, 1.807) is 54.9 Å². The van der Waals surface area contributed by atoms with Crippen molar-refractivity contribution in [1.82, 2.24) is 4.98 Å². The number of aromatic nitrogens is 1. The normalized spacial score (nSPS) is 11.1. The van der Waals surface area contributed by atoms with Gasteiger partial charge in [-0.3, -0.25) is 14.5 Å². The number of anilines is 1. The molecule has 6 heteroatoms. The Morgan fingerprint density at radius 2 is 1.38 bits per heavy atom. The molecule has 1 heterocycles. The van der Waals surface area contributed by atoms with E-state index in [4.69, 9.17) is 0 Å². The zero-order valence-corrected chi connectivity index (χ0v) is 14.8. The maximum Gasteiger partial charge on any atom is 0.261 e. The lowest BCUT2D eigenvalue weighted by Crippen LogP contribution is -2.13. The summed E-state index contributed by atoms with van der Waals surface area (Å²) >= 11 is 0. The van der Waals surface area contributed by atoms with E-state index in [1.807, 2.05) is 12.1 Å². The van der Waals surface area contributed by atoms with Crippen molar-refractivity contribution < 1.29 is 13.2 Å². The first-order valence-corrected chi connectivity index (χ1v) is 9.59. The molecule has 0 aliphatic heterocycles. The summed E-state index contributed by atoms with van der Waals surface area (Å²) in [6.07, 6.45) is 3.98. The number of nitrogens with one attached hydrogen (secondary N) is 1. The minimum Gasteiger partial charge on any atom is -0.299 e. The van der Waals surface area contributed by atoms with Crippen LogP contribution in [0.5, 0.6) is 0 Å². The molecule has 3 aromatic rings. The average Bonchev–Trinajstić information content (AvgIpc) is 2.65. The molecule has 0 fully saturated rings. The number of benzene rings is 2. The van der Waals surface area contributed by atoms with Crippen LogP contribution in [0.25, 0.3) is 0 Å². The highest BCUT2D eigenvalue weighted by atomic mass is 32.2. The molecule has 0 spiro atoms. The number of hydrogen-bond donors (Lipinski definition) is 1. The van der Waals surface area contributed by atoms with Gasteiger partial charge in [-0.2, -0.15) is 0 Å². The lowest BCUT2D eigenvalue weighted by Gasteiger charge is -2.09. The fraction of sp³-hybridized carbons (Fsp3) is 0.100. The van der Waals surface area contributed by atoms with Crippen molar-refractivity contribution in [2.75, 3.05) is 4.72 Å². The van der Waals surface area contributed by atoms with Gasteiger partial charge in [-0.05, 0) is 47.5 Å². The topological polar surface area (TPSA) is 76.1 Å². The second kappa shape index (κ2) is 7.93. The van der Waals surface area contributed by atoms with Gasteiger partial charge in [0.05, 0.1) is 4.90 Å². The third-order valence-electron chi connectivity index (χ3n) is 3.81. The van der Waals surface area contributed by atoms with Crippen LogP contribution in [0.3, 0.4) is 0 Å². The predicted molar refractivity (Wildman–Crippen MR) is 100 cm³/mol. The highest BCUT2D eigenvalue weighted by molar-refractivity contribution is 7.92. The minimum atomic E-state index is -3.61. The lowest BCUT2D eigenvalue weighted by molar-refractivity contribution is -0.117. The van der Waals surface area contributed by atoms with E-state index in [0.717, 1.165) is 11.1 Å². The van der Waals surface area contributed by atoms with E-state index in [9.17, 15) is 13.2 Å². The Hall–Kier alpha value is -2.99. The molecule has 5 nitrogen and oxygen atoms in total. The maximum absolute atomic E-state index is 12.3. The van der Waals surface area contributed by atoms with E-state index >= 15 is 0 Å². The Morgan fingerprint density at radius 3 is 2.00 bits per heavy atom. The Morgan fingerprint density at radius 1 is 0.808 bits per heavy atom. The van der Waals surface area contributed by atoms with Gasteiger partial charge in [-0.1, -0.05) is 30.3 Å². The third-order valence-corrected chi connectivity index (χ3v) is 5.21. The first-order valence-electron chi connectivity index (χ1n) is 8.10. The summed E-state index contributed by atoms with van der Waals surface area (Å²) in [5, 5.41) is 0. The molecule has 0 atom stereocenters. The molecule has 0 radical (unpaired) electrons. The summed E-state index contributed by atoms with van der Waals surface area (Å²) < 4.78 is 27.1. The molecule has 0 saturated heterocycles. The first-order chi connectivity index (χ1) is 12.5. The van der Waals surface area contributed by atoms with Crippen molar-refractivity contribution >= 4 is 21.5 Å². The van der Waals surface area contributed by atoms with Gasteiger partial charge in [0.15, 0.2) is 0 Å². The summed E-state index contributed by atoms with van der Waals surface area (Å²) in [7, 11) is -3.61. The fourth-order valence-corrected chi connectivity index (χ4v) is 3.60. The van der Waals surface area contributed by atoms with Gasteiger partial charge in [-0.25, -0.2) is 8.42 Å². The Balaban J connectivity index is 1.62. The molecule has 1 aromatic heterocycles. The minimum absolute atomic E-state index is 0.0915. The summed E-state index contributed by atoms with van der Waals surface area (Å²) in [5.41, 5.74) is 2.23. The number of sulfonamides is 1. The number of nitrogens with zero attached hydrogens (tertiary/aromatic N) is 1. The van der Waals surface area contributed by atoms with Crippen LogP contribution >= 0.6 is 0 Å². The first kappa shape index (κ1) is 17.8. The number of Topliss-reactive ketones (excluding diaryl/α,β-unsaturated/α-hetero) is 1. The number of pyridine rings is 1. The highest BCUT2D eigenvalue weighted by Gasteiger charge is 2.13. The van der Waals surface area contributed by atoms with Gasteiger partial charge in [-0.15, -0.1) is 0 Å². The number of carbonyl (C=O) groups is 1. The van der Waals surface area contributed by atoms with Crippen LogP contribution in [0.4, 0.5) is 5.69 Å². The van der Waals surface area contributed by atoms with Crippen molar-refractivity contribution in [3.05, 3.63) is 90.3 Å². The quantitative estimate of drug-likeness (QED) is 0.696. The molecule has 0 aliphatic carbocycles. The van der Waals surface area contributed by atoms with Gasteiger partial charge in [0, 0.05) is 30.9 Å². The van der Waals surface area contributed by atoms with Crippen LogP contribution in [0.15, 0.2) is 84.0 Å². The van der Waals surface area contributed by atoms with Crippen LogP contribution in [0, 0.1) is 0 Å². The SMILES string of the molecule is O=C(Cc1ccncc1)Cc1ccc(NS(=O)(=O)c2ccccc2)cc1. The van der Waals surface area contributed by atoms with Gasteiger partial charge >= 0.3 is 0 Å². The van der Waals surface area contributed by atoms with Crippen LogP contribution in [0.1, 0.15) is 11.1 Å². The molecule has 0 bridgehead atoms. The van der Waals surface area contributed by atoms with Gasteiger partial charge in [0.25, 0.3) is 10.0 Å². The summed E-state index contributed by atoms with van der Waals surface area (Å²) in [6, 6.07) is 18.7. The monoisotopic (exact) mass is 366 g/mol. The second-order valence-electron chi connectivity index (χ2n) is 5.86. The Labute approximate surface area is 152 Å². The van der Waals surface area contributed by atoms with E-state index in [1.165, 1.54) is 12.1 Å². The van der Waals surface area contributed by atoms with Crippen molar-refractivity contribution in [3.63, 3.8) is 0 Å². The molecule has 0 saturated carbocycles. The largest absolute Gasteiger partial charge is 0.299 e. The van der Waals surface area contributed by atoms with Crippen molar-refractivity contribution in [1.29, 1.82) is 0 Å². The highest BCUT2D eigenvalue weighted by Crippen LogP contribution is 2.17. The average molecular weight is 366 g/mol. The summed E-state index contributed by atoms with van der Waals surface area (Å²) in [4.78, 5) is 16.3. The molecule has 26 heavy (non-hydrogen) atoms. The number of ketones is 1. The standard InChI is InChI=1S/C20H18N2O3S/c23-19(15-17-10-12-21-13-11-17)14-16-6-8-18(9-7-16)22-26(24,25)20-4-2-1-3-5-20/h1-13,22H,14-15H2. The van der Waals surface area contributed by atoms with E-state index in [0.29, 0.717) is 18.5 Å². The molecule has 132 valence electrons. The third kappa shape index (κ3) is 4.77. The summed E-state index contributed by atoms with van der Waals surface area (Å²) in [6.45, 7) is 0. The fourth-order valence-electron chi connectivity index (χ4n) is 2.52.